The number of carbonyl (C=O) groups is 5. The molecule has 8 atom stereocenters. The van der Waals surface area contributed by atoms with Gasteiger partial charge in [-0.15, -0.1) is 0 Å². The van der Waals surface area contributed by atoms with Gasteiger partial charge in [0.25, 0.3) is 0 Å². The van der Waals surface area contributed by atoms with Gasteiger partial charge in [0.1, 0.15) is 6.04 Å². The van der Waals surface area contributed by atoms with Crippen LogP contribution in [0, 0.1) is 17.8 Å². The number of piperazine rings is 1. The second-order valence-corrected chi connectivity index (χ2v) is 16.6. The molecule has 0 spiro atoms. The molecule has 1 aromatic carbocycles. The van der Waals surface area contributed by atoms with E-state index in [9.17, 15) is 24.0 Å². The summed E-state index contributed by atoms with van der Waals surface area (Å²) in [6, 6.07) is 7.67. The van der Waals surface area contributed by atoms with E-state index in [1.165, 1.54) is 6.42 Å². The van der Waals surface area contributed by atoms with Crippen molar-refractivity contribution in [3.63, 3.8) is 0 Å². The van der Waals surface area contributed by atoms with Crippen LogP contribution in [0.5, 0.6) is 0 Å². The van der Waals surface area contributed by atoms with Crippen LogP contribution in [0.3, 0.4) is 0 Å². The normalized spacial score (nSPS) is 19.3. The van der Waals surface area contributed by atoms with Crippen molar-refractivity contribution in [2.75, 3.05) is 67.1 Å². The third-order valence-corrected chi connectivity index (χ3v) is 11.6. The molecule has 2 fully saturated rings. The van der Waals surface area contributed by atoms with Gasteiger partial charge in [-0.1, -0.05) is 98.6 Å². The topological polar surface area (TPSA) is 162 Å². The largest absolute Gasteiger partial charge is 0.379 e. The molecule has 0 bridgehead atoms. The fraction of sp³-hybridized carbons (Fsp3) is 0.756. The van der Waals surface area contributed by atoms with E-state index in [1.807, 2.05) is 65.0 Å². The van der Waals surface area contributed by atoms with E-state index < -0.39 is 30.2 Å². The molecule has 2 aliphatic heterocycles. The number of hydrogen-bond acceptors (Lipinski definition) is 9. The standard InChI is InChI=1S/C42H71N7O7.C3H8/c1-10-19-44-41(53)32(25-31-16-13-12-14-17-31)46-40(52)30(6)39(56-9)33-18-15-22-49(33)35(50)26-34(55-8)38(29(5)11-2)47(7)36(51)27-45-42(54)37(28(3)4)48-23-20-43-21-24-48;1-3-2/h12-14,16-17,28-30,32-34,37-39,43H,10-11,15,18-27H2,1-9H3,(H,44,53)(H,45,54)(H,46,52);3H2,1-2H3. The van der Waals surface area contributed by atoms with Crippen molar-refractivity contribution in [3.8, 4) is 0 Å². The van der Waals surface area contributed by atoms with E-state index in [0.717, 1.165) is 51.0 Å². The predicted octanol–water partition coefficient (Wildman–Crippen LogP) is 3.62. The Morgan fingerprint density at radius 2 is 1.53 bits per heavy atom. The molecular formula is C45H79N7O7. The van der Waals surface area contributed by atoms with Crippen molar-refractivity contribution in [1.82, 2.24) is 36.0 Å². The number of carbonyl (C=O) groups excluding carboxylic acids is 5. The van der Waals surface area contributed by atoms with Crippen LogP contribution in [0.4, 0.5) is 0 Å². The molecule has 2 heterocycles. The van der Waals surface area contributed by atoms with Crippen LogP contribution in [0.25, 0.3) is 0 Å². The first-order valence-electron chi connectivity index (χ1n) is 22.2. The van der Waals surface area contributed by atoms with Crippen LogP contribution in [-0.4, -0.2) is 148 Å². The summed E-state index contributed by atoms with van der Waals surface area (Å²) < 4.78 is 12.0. The number of benzene rings is 1. The first kappa shape index (κ1) is 51.6. The Morgan fingerprint density at radius 1 is 0.881 bits per heavy atom. The maximum absolute atomic E-state index is 14.2. The van der Waals surface area contributed by atoms with E-state index in [0.29, 0.717) is 25.9 Å². The van der Waals surface area contributed by atoms with E-state index in [4.69, 9.17) is 9.47 Å². The highest BCUT2D eigenvalue weighted by atomic mass is 16.5. The Labute approximate surface area is 355 Å². The molecular weight excluding hydrogens is 751 g/mol. The maximum Gasteiger partial charge on any atom is 0.242 e. The van der Waals surface area contributed by atoms with Gasteiger partial charge < -0.3 is 40.5 Å². The number of hydrogen-bond donors (Lipinski definition) is 4. The summed E-state index contributed by atoms with van der Waals surface area (Å²) in [7, 11) is 4.82. The van der Waals surface area contributed by atoms with Gasteiger partial charge in [-0.25, -0.2) is 0 Å². The van der Waals surface area contributed by atoms with Crippen LogP contribution in [0.2, 0.25) is 0 Å². The molecule has 336 valence electrons. The van der Waals surface area contributed by atoms with Gasteiger partial charge in [-0.3, -0.25) is 28.9 Å². The molecule has 0 aromatic heterocycles. The number of likely N-dealkylation sites (tertiary alicyclic amines) is 1. The van der Waals surface area contributed by atoms with Crippen LogP contribution in [0.15, 0.2) is 30.3 Å². The Morgan fingerprint density at radius 3 is 2.08 bits per heavy atom. The summed E-state index contributed by atoms with van der Waals surface area (Å²) in [5, 5.41) is 12.1. The first-order chi connectivity index (χ1) is 28.2. The molecule has 59 heavy (non-hydrogen) atoms. The number of likely N-dealkylation sites (N-methyl/N-ethyl adjacent to an activating group) is 1. The molecule has 3 rings (SSSR count). The van der Waals surface area contributed by atoms with Crippen LogP contribution in [0.1, 0.15) is 99.5 Å². The molecule has 0 saturated carbocycles. The second-order valence-electron chi connectivity index (χ2n) is 16.6. The molecule has 14 heteroatoms. The highest BCUT2D eigenvalue weighted by Crippen LogP contribution is 2.29. The second kappa shape index (κ2) is 27.3. The summed E-state index contributed by atoms with van der Waals surface area (Å²) >= 11 is 0. The molecule has 5 amide bonds. The highest BCUT2D eigenvalue weighted by molar-refractivity contribution is 5.89. The average molecular weight is 830 g/mol. The van der Waals surface area contributed by atoms with Crippen LogP contribution < -0.4 is 21.3 Å². The minimum Gasteiger partial charge on any atom is -0.379 e. The third kappa shape index (κ3) is 15.8. The van der Waals surface area contributed by atoms with Gasteiger partial charge in [0.05, 0.1) is 49.2 Å². The predicted molar refractivity (Wildman–Crippen MR) is 234 cm³/mol. The smallest absolute Gasteiger partial charge is 0.242 e. The van der Waals surface area contributed by atoms with Gasteiger partial charge in [-0.05, 0) is 36.7 Å². The van der Waals surface area contributed by atoms with Gasteiger partial charge >= 0.3 is 0 Å². The van der Waals surface area contributed by atoms with Crippen molar-refractivity contribution in [1.29, 1.82) is 0 Å². The van der Waals surface area contributed by atoms with E-state index in [-0.39, 0.29) is 66.4 Å². The summed E-state index contributed by atoms with van der Waals surface area (Å²) in [6.45, 7) is 20.1. The number of nitrogens with one attached hydrogen (secondary N) is 4. The molecule has 1 aromatic rings. The van der Waals surface area contributed by atoms with Gasteiger partial charge in [0.2, 0.25) is 29.5 Å². The first-order valence-corrected chi connectivity index (χ1v) is 22.2. The summed E-state index contributed by atoms with van der Waals surface area (Å²) in [6.07, 6.45) is 3.30. The summed E-state index contributed by atoms with van der Waals surface area (Å²) in [5.41, 5.74) is 0.930. The number of ether oxygens (including phenoxy) is 2. The SMILES string of the molecule is CCC.CCCNC(=O)C(Cc1ccccc1)NC(=O)C(C)C(OC)C1CCCN1C(=O)CC(OC)C(C(C)CC)N(C)C(=O)CNC(=O)C(C(C)C)N1CCNCC1. The lowest BCUT2D eigenvalue weighted by Gasteiger charge is -2.39. The van der Waals surface area contributed by atoms with Crippen molar-refractivity contribution >= 4 is 29.5 Å². The third-order valence-electron chi connectivity index (χ3n) is 11.6. The summed E-state index contributed by atoms with van der Waals surface area (Å²) in [4.78, 5) is 73.8. The number of amides is 5. The van der Waals surface area contributed by atoms with Crippen molar-refractivity contribution in [2.24, 2.45) is 17.8 Å². The Hall–Kier alpha value is -3.59. The van der Waals surface area contributed by atoms with Gasteiger partial charge in [-0.2, -0.15) is 0 Å². The van der Waals surface area contributed by atoms with Crippen molar-refractivity contribution < 1.29 is 33.4 Å². The van der Waals surface area contributed by atoms with Crippen LogP contribution >= 0.6 is 0 Å². The lowest BCUT2D eigenvalue weighted by Crippen LogP contribution is -2.57. The molecule has 4 N–H and O–H groups in total. The Bertz CT molecular complexity index is 1410. The van der Waals surface area contributed by atoms with E-state index >= 15 is 0 Å². The number of nitrogens with zero attached hydrogens (tertiary/aromatic N) is 3. The minimum absolute atomic E-state index is 0.00941. The Kier molecular flexibility index (Phi) is 23.8. The summed E-state index contributed by atoms with van der Waals surface area (Å²) in [5.74, 6) is -1.73. The molecule has 14 nitrogen and oxygen atoms in total. The van der Waals surface area contributed by atoms with Crippen LogP contribution in [-0.2, 0) is 39.9 Å². The van der Waals surface area contributed by atoms with E-state index in [1.54, 1.807) is 38.0 Å². The molecule has 2 aliphatic rings. The molecule has 8 unspecified atom stereocenters. The maximum atomic E-state index is 14.2. The zero-order valence-electron chi connectivity index (χ0n) is 38.2. The average Bonchev–Trinajstić information content (AvgIpc) is 3.72. The highest BCUT2D eigenvalue weighted by Gasteiger charge is 2.42. The minimum atomic E-state index is -0.769. The monoisotopic (exact) mass is 830 g/mol. The molecule has 0 aliphatic carbocycles. The fourth-order valence-corrected chi connectivity index (χ4v) is 8.30. The zero-order chi connectivity index (χ0) is 44.1. The quantitative estimate of drug-likeness (QED) is 0.137. The van der Waals surface area contributed by atoms with Crippen molar-refractivity contribution in [3.05, 3.63) is 35.9 Å². The number of rotatable bonds is 22. The lowest BCUT2D eigenvalue weighted by atomic mass is 9.90. The van der Waals surface area contributed by atoms with Crippen molar-refractivity contribution in [2.45, 2.75) is 137 Å². The molecule has 0 radical (unpaired) electrons. The van der Waals surface area contributed by atoms with Gasteiger partial charge in [0, 0.05) is 67.0 Å². The Balaban J connectivity index is 0.00000387. The number of methoxy groups -OCH3 is 2. The zero-order valence-corrected chi connectivity index (χ0v) is 38.2. The molecule has 2 saturated heterocycles. The fourth-order valence-electron chi connectivity index (χ4n) is 8.30. The van der Waals surface area contributed by atoms with Gasteiger partial charge in [0.15, 0.2) is 0 Å². The lowest BCUT2D eigenvalue weighted by molar-refractivity contribution is -0.146. The van der Waals surface area contributed by atoms with E-state index in [2.05, 4.69) is 40.0 Å².